The molecule has 144 valence electrons. The highest BCUT2D eigenvalue weighted by atomic mass is 32.1. The normalized spacial score (nSPS) is 20.2. The van der Waals surface area contributed by atoms with E-state index in [1.807, 2.05) is 13.8 Å². The van der Waals surface area contributed by atoms with Gasteiger partial charge in [0.2, 0.25) is 0 Å². The van der Waals surface area contributed by atoms with Crippen LogP contribution in [0.15, 0.2) is 40.3 Å². The number of nitro groups is 1. The number of anilines is 1. The molecule has 28 heavy (non-hydrogen) atoms. The Labute approximate surface area is 164 Å². The summed E-state index contributed by atoms with van der Waals surface area (Å²) in [6.07, 6.45) is 0.960. The molecular weight excluding hydrogens is 380 g/mol. The third-order valence-electron chi connectivity index (χ3n) is 5.17. The number of nitro benzene ring substituents is 1. The molecular formula is C19H18N4O4S. The lowest BCUT2D eigenvalue weighted by Gasteiger charge is -2.38. The maximum Gasteiger partial charge on any atom is 0.269 e. The van der Waals surface area contributed by atoms with Crippen molar-refractivity contribution in [2.45, 2.75) is 32.6 Å². The second-order valence-corrected chi connectivity index (χ2v) is 8.35. The Morgan fingerprint density at radius 2 is 1.96 bits per heavy atom. The average Bonchev–Trinajstić information content (AvgIpc) is 2.58. The van der Waals surface area contributed by atoms with E-state index >= 15 is 0 Å². The summed E-state index contributed by atoms with van der Waals surface area (Å²) < 4.78 is 0.166. The van der Waals surface area contributed by atoms with Gasteiger partial charge in [0.25, 0.3) is 11.2 Å². The topological polar surface area (TPSA) is 121 Å². The Kier molecular flexibility index (Phi) is 4.07. The molecule has 0 saturated heterocycles. The molecule has 1 aliphatic carbocycles. The summed E-state index contributed by atoms with van der Waals surface area (Å²) in [6, 6.07) is 6.06. The van der Waals surface area contributed by atoms with Crippen LogP contribution in [0.3, 0.4) is 0 Å². The Hall–Kier alpha value is -3.07. The first-order valence-electron chi connectivity index (χ1n) is 8.80. The van der Waals surface area contributed by atoms with Crippen LogP contribution in [0.2, 0.25) is 0 Å². The number of rotatable bonds is 2. The summed E-state index contributed by atoms with van der Waals surface area (Å²) in [5.74, 6) is -0.345. The molecule has 0 radical (unpaired) electrons. The first-order valence-corrected chi connectivity index (χ1v) is 9.21. The molecule has 1 unspecified atom stereocenters. The lowest BCUT2D eigenvalue weighted by Crippen LogP contribution is -2.36. The second-order valence-electron chi connectivity index (χ2n) is 7.94. The van der Waals surface area contributed by atoms with Gasteiger partial charge in [-0.2, -0.15) is 0 Å². The van der Waals surface area contributed by atoms with E-state index in [-0.39, 0.29) is 21.7 Å². The number of benzene rings is 1. The Bertz CT molecular complexity index is 1170. The van der Waals surface area contributed by atoms with Crippen molar-refractivity contribution in [3.63, 3.8) is 0 Å². The molecule has 0 saturated carbocycles. The number of hydrogen-bond donors (Lipinski definition) is 3. The number of fused-ring (bicyclic) bond motifs is 1. The third-order valence-corrected chi connectivity index (χ3v) is 5.37. The van der Waals surface area contributed by atoms with Gasteiger partial charge in [0.05, 0.1) is 10.5 Å². The van der Waals surface area contributed by atoms with Gasteiger partial charge in [-0.3, -0.25) is 24.7 Å². The molecule has 8 nitrogen and oxygen atoms in total. The number of nitrogens with one attached hydrogen (secondary N) is 3. The number of carbonyl (C=O) groups is 1. The summed E-state index contributed by atoms with van der Waals surface area (Å²) in [6.45, 7) is 4.02. The highest BCUT2D eigenvalue weighted by molar-refractivity contribution is 7.71. The molecule has 2 aromatic rings. The van der Waals surface area contributed by atoms with Gasteiger partial charge in [-0.1, -0.05) is 26.0 Å². The summed E-state index contributed by atoms with van der Waals surface area (Å²) in [7, 11) is 0. The van der Waals surface area contributed by atoms with Crippen LogP contribution in [-0.2, 0) is 4.79 Å². The number of aromatic nitrogens is 2. The number of allylic oxidation sites excluding steroid dienone is 2. The van der Waals surface area contributed by atoms with Crippen LogP contribution in [0.1, 0.15) is 43.7 Å². The second kappa shape index (κ2) is 6.23. The summed E-state index contributed by atoms with van der Waals surface area (Å²) in [5, 5.41) is 14.4. The molecule has 1 aliphatic heterocycles. The minimum Gasteiger partial charge on any atom is -0.344 e. The zero-order chi connectivity index (χ0) is 20.2. The number of hydrogen-bond acceptors (Lipinski definition) is 6. The Morgan fingerprint density at radius 3 is 2.68 bits per heavy atom. The fourth-order valence-electron chi connectivity index (χ4n) is 4.10. The molecule has 1 atom stereocenters. The van der Waals surface area contributed by atoms with Crippen molar-refractivity contribution in [2.24, 2.45) is 5.41 Å². The van der Waals surface area contributed by atoms with Crippen molar-refractivity contribution in [1.82, 2.24) is 9.97 Å². The van der Waals surface area contributed by atoms with Gasteiger partial charge in [0.1, 0.15) is 5.82 Å². The van der Waals surface area contributed by atoms with E-state index in [0.29, 0.717) is 35.4 Å². The number of H-pyrrole nitrogens is 2. The molecule has 4 rings (SSSR count). The van der Waals surface area contributed by atoms with Gasteiger partial charge >= 0.3 is 0 Å². The number of carbonyl (C=O) groups excluding carboxylic acids is 1. The first kappa shape index (κ1) is 18.3. The van der Waals surface area contributed by atoms with Crippen LogP contribution < -0.4 is 10.9 Å². The largest absolute Gasteiger partial charge is 0.344 e. The van der Waals surface area contributed by atoms with E-state index in [4.69, 9.17) is 12.2 Å². The van der Waals surface area contributed by atoms with Crippen LogP contribution in [0.4, 0.5) is 11.5 Å². The van der Waals surface area contributed by atoms with Crippen LogP contribution >= 0.6 is 12.2 Å². The Balaban J connectivity index is 2.01. The van der Waals surface area contributed by atoms with Gasteiger partial charge in [0.15, 0.2) is 10.6 Å². The molecule has 3 N–H and O–H groups in total. The van der Waals surface area contributed by atoms with Gasteiger partial charge in [-0.05, 0) is 29.6 Å². The molecule has 0 amide bonds. The van der Waals surface area contributed by atoms with Crippen molar-refractivity contribution >= 4 is 29.5 Å². The predicted molar refractivity (Wildman–Crippen MR) is 106 cm³/mol. The Morgan fingerprint density at radius 1 is 1.21 bits per heavy atom. The first-order chi connectivity index (χ1) is 13.2. The number of non-ortho nitro benzene ring substituents is 1. The van der Waals surface area contributed by atoms with Crippen LogP contribution in [0.5, 0.6) is 0 Å². The number of nitrogens with zero attached hydrogens (tertiary/aromatic N) is 1. The zero-order valence-corrected chi connectivity index (χ0v) is 16.1. The fourth-order valence-corrected chi connectivity index (χ4v) is 4.29. The molecule has 1 aromatic carbocycles. The minimum absolute atomic E-state index is 0.0669. The van der Waals surface area contributed by atoms with Crippen LogP contribution in [0, 0.1) is 20.3 Å². The van der Waals surface area contributed by atoms with Crippen LogP contribution in [-0.4, -0.2) is 20.7 Å². The molecule has 2 aliphatic rings. The van der Waals surface area contributed by atoms with E-state index in [9.17, 15) is 19.7 Å². The van der Waals surface area contributed by atoms with E-state index < -0.39 is 16.4 Å². The molecule has 9 heteroatoms. The number of aromatic amines is 2. The van der Waals surface area contributed by atoms with Gasteiger partial charge in [-0.25, -0.2) is 0 Å². The quantitative estimate of drug-likeness (QED) is 0.404. The minimum atomic E-state index is -0.703. The van der Waals surface area contributed by atoms with E-state index in [0.717, 1.165) is 5.70 Å². The zero-order valence-electron chi connectivity index (χ0n) is 15.3. The number of Topliss-reactive ketones (excluding diaryl/α,β-unsaturated/α-hetero) is 1. The summed E-state index contributed by atoms with van der Waals surface area (Å²) >= 11 is 5.09. The standard InChI is InChI=1S/C19H18N4O4S/c1-19(2)7-11-14(12(24)8-19)13(9-4-3-5-10(6-9)23(26)27)15-16(20-11)21-18(28)22-17(15)25/h3-6,13H,7-8H2,1-2H3,(H3,20,21,22,25,28). The molecule has 0 fully saturated rings. The summed E-state index contributed by atoms with van der Waals surface area (Å²) in [4.78, 5) is 42.1. The van der Waals surface area contributed by atoms with Gasteiger partial charge in [0, 0.05) is 35.7 Å². The molecule has 2 heterocycles. The smallest absolute Gasteiger partial charge is 0.269 e. The van der Waals surface area contributed by atoms with E-state index in [1.165, 1.54) is 12.1 Å². The average molecular weight is 398 g/mol. The predicted octanol–water partition coefficient (Wildman–Crippen LogP) is 3.54. The monoisotopic (exact) mass is 398 g/mol. The third kappa shape index (κ3) is 2.97. The fraction of sp³-hybridized carbons (Fsp3) is 0.316. The highest BCUT2D eigenvalue weighted by Crippen LogP contribution is 2.47. The van der Waals surface area contributed by atoms with Crippen LogP contribution in [0.25, 0.3) is 0 Å². The van der Waals surface area contributed by atoms with Crippen molar-refractivity contribution < 1.29 is 9.72 Å². The highest BCUT2D eigenvalue weighted by Gasteiger charge is 2.42. The number of ketones is 1. The molecule has 0 spiro atoms. The maximum absolute atomic E-state index is 13.1. The van der Waals surface area contributed by atoms with Gasteiger partial charge in [-0.15, -0.1) is 0 Å². The molecule has 0 bridgehead atoms. The lowest BCUT2D eigenvalue weighted by molar-refractivity contribution is -0.384. The molecule has 1 aromatic heterocycles. The van der Waals surface area contributed by atoms with Crippen molar-refractivity contribution in [3.8, 4) is 0 Å². The lowest BCUT2D eigenvalue weighted by atomic mass is 9.69. The van der Waals surface area contributed by atoms with Crippen molar-refractivity contribution in [1.29, 1.82) is 0 Å². The van der Waals surface area contributed by atoms with E-state index in [2.05, 4.69) is 15.3 Å². The summed E-state index contributed by atoms with van der Waals surface area (Å²) in [5.41, 5.74) is 1.29. The maximum atomic E-state index is 13.1. The van der Waals surface area contributed by atoms with Crippen molar-refractivity contribution in [2.75, 3.05) is 5.32 Å². The SMILES string of the molecule is CC1(C)CC(=O)C2=C(C1)Nc1[nH]c(=S)[nH]c(=O)c1C2c1cccc([N+](=O)[O-])c1. The van der Waals surface area contributed by atoms with Gasteiger partial charge < -0.3 is 10.3 Å². The van der Waals surface area contributed by atoms with Crippen molar-refractivity contribution in [3.05, 3.63) is 71.9 Å². The van der Waals surface area contributed by atoms with E-state index in [1.54, 1.807) is 12.1 Å².